The smallest absolute Gasteiger partial charge is 0.123 e. The predicted molar refractivity (Wildman–Crippen MR) is 66.9 cm³/mol. The number of aromatic hydroxyl groups is 1. The molecule has 0 heterocycles. The molecule has 0 bridgehead atoms. The lowest BCUT2D eigenvalue weighted by atomic mass is 9.96. The highest BCUT2D eigenvalue weighted by atomic mass is 79.9. The van der Waals surface area contributed by atoms with Gasteiger partial charge < -0.3 is 10.8 Å². The highest BCUT2D eigenvalue weighted by Gasteiger charge is 2.14. The van der Waals surface area contributed by atoms with Gasteiger partial charge in [0.2, 0.25) is 0 Å². The third-order valence-corrected chi connectivity index (χ3v) is 2.88. The highest BCUT2D eigenvalue weighted by molar-refractivity contribution is 9.10. The quantitative estimate of drug-likeness (QED) is 0.884. The molecule has 0 unspecified atom stereocenters. The lowest BCUT2D eigenvalue weighted by Gasteiger charge is -2.17. The Morgan fingerprint density at radius 3 is 2.53 bits per heavy atom. The summed E-state index contributed by atoms with van der Waals surface area (Å²) in [5, 5.41) is 9.90. The second kappa shape index (κ2) is 4.99. The molecule has 0 aliphatic heterocycles. The van der Waals surface area contributed by atoms with Crippen LogP contribution in [0.2, 0.25) is 0 Å². The van der Waals surface area contributed by atoms with Gasteiger partial charge in [-0.15, -0.1) is 0 Å². The molecule has 1 aromatic rings. The molecule has 0 aliphatic carbocycles. The number of rotatable bonds is 3. The Balaban J connectivity index is 3.02. The van der Waals surface area contributed by atoms with Crippen molar-refractivity contribution in [3.8, 4) is 5.75 Å². The van der Waals surface area contributed by atoms with Gasteiger partial charge in [0, 0.05) is 16.1 Å². The van der Waals surface area contributed by atoms with Crippen LogP contribution in [0.5, 0.6) is 5.75 Å². The standard InChI is InChI=1S/C12H18BrNO/c1-7(2)4-11(14)10-6-9(13)5-8(3)12(10)15/h5-7,11,15H,4,14H2,1-3H3/t11-/m1/s1. The molecule has 15 heavy (non-hydrogen) atoms. The summed E-state index contributed by atoms with van der Waals surface area (Å²) in [6.07, 6.45) is 0.878. The Bertz CT molecular complexity index is 350. The molecule has 2 nitrogen and oxygen atoms in total. The second-order valence-corrected chi connectivity index (χ2v) is 5.31. The number of aryl methyl sites for hydroxylation is 1. The molecular weight excluding hydrogens is 254 g/mol. The lowest BCUT2D eigenvalue weighted by Crippen LogP contribution is -2.13. The van der Waals surface area contributed by atoms with Crippen molar-refractivity contribution in [2.75, 3.05) is 0 Å². The van der Waals surface area contributed by atoms with Gasteiger partial charge in [-0.05, 0) is 37.0 Å². The van der Waals surface area contributed by atoms with Crippen LogP contribution < -0.4 is 5.73 Å². The minimum absolute atomic E-state index is 0.0961. The van der Waals surface area contributed by atoms with E-state index in [-0.39, 0.29) is 6.04 Å². The van der Waals surface area contributed by atoms with Crippen molar-refractivity contribution in [2.45, 2.75) is 33.2 Å². The lowest BCUT2D eigenvalue weighted by molar-refractivity contribution is 0.442. The maximum atomic E-state index is 9.90. The van der Waals surface area contributed by atoms with Crippen molar-refractivity contribution in [3.05, 3.63) is 27.7 Å². The Kier molecular flexibility index (Phi) is 4.17. The molecule has 0 amide bonds. The van der Waals surface area contributed by atoms with E-state index in [2.05, 4.69) is 29.8 Å². The van der Waals surface area contributed by atoms with Crippen molar-refractivity contribution >= 4 is 15.9 Å². The first-order valence-electron chi connectivity index (χ1n) is 5.16. The number of phenolic OH excluding ortho intramolecular Hbond substituents is 1. The summed E-state index contributed by atoms with van der Waals surface area (Å²) in [6.45, 7) is 6.13. The molecule has 84 valence electrons. The van der Waals surface area contributed by atoms with Crippen LogP contribution >= 0.6 is 15.9 Å². The first-order valence-corrected chi connectivity index (χ1v) is 5.95. The van der Waals surface area contributed by atoms with E-state index < -0.39 is 0 Å². The van der Waals surface area contributed by atoms with E-state index in [9.17, 15) is 5.11 Å². The van der Waals surface area contributed by atoms with E-state index >= 15 is 0 Å². The minimum Gasteiger partial charge on any atom is -0.507 e. The van der Waals surface area contributed by atoms with E-state index in [1.54, 1.807) is 0 Å². The van der Waals surface area contributed by atoms with Gasteiger partial charge in [-0.25, -0.2) is 0 Å². The number of hydrogen-bond acceptors (Lipinski definition) is 2. The summed E-state index contributed by atoms with van der Waals surface area (Å²) >= 11 is 3.41. The van der Waals surface area contributed by atoms with Crippen LogP contribution in [0.1, 0.15) is 37.4 Å². The topological polar surface area (TPSA) is 46.2 Å². The summed E-state index contributed by atoms with van der Waals surface area (Å²) in [5.41, 5.74) is 7.74. The molecule has 0 aromatic heterocycles. The highest BCUT2D eigenvalue weighted by Crippen LogP contribution is 2.32. The molecule has 3 heteroatoms. The number of benzene rings is 1. The first kappa shape index (κ1) is 12.5. The average molecular weight is 272 g/mol. The monoisotopic (exact) mass is 271 g/mol. The number of hydrogen-bond donors (Lipinski definition) is 2. The molecular formula is C12H18BrNO. The molecule has 3 N–H and O–H groups in total. The van der Waals surface area contributed by atoms with Crippen LogP contribution in [0.3, 0.4) is 0 Å². The van der Waals surface area contributed by atoms with Crippen LogP contribution in [0.4, 0.5) is 0 Å². The molecule has 1 rings (SSSR count). The fraction of sp³-hybridized carbons (Fsp3) is 0.500. The zero-order valence-electron chi connectivity index (χ0n) is 9.42. The summed E-state index contributed by atoms with van der Waals surface area (Å²) in [6, 6.07) is 3.69. The van der Waals surface area contributed by atoms with Gasteiger partial charge in [0.25, 0.3) is 0 Å². The van der Waals surface area contributed by atoms with Gasteiger partial charge in [-0.3, -0.25) is 0 Å². The van der Waals surface area contributed by atoms with E-state index in [1.807, 2.05) is 19.1 Å². The van der Waals surface area contributed by atoms with Gasteiger partial charge in [0.05, 0.1) is 0 Å². The van der Waals surface area contributed by atoms with E-state index in [0.29, 0.717) is 11.7 Å². The molecule has 1 aromatic carbocycles. The fourth-order valence-corrected chi connectivity index (χ4v) is 2.27. The molecule has 1 atom stereocenters. The normalized spacial score (nSPS) is 13.2. The van der Waals surface area contributed by atoms with Crippen LogP contribution in [-0.2, 0) is 0 Å². The Morgan fingerprint density at radius 2 is 2.00 bits per heavy atom. The SMILES string of the molecule is Cc1cc(Br)cc([C@H](N)CC(C)C)c1O. The van der Waals surface area contributed by atoms with Crippen LogP contribution in [0.15, 0.2) is 16.6 Å². The van der Waals surface area contributed by atoms with Gasteiger partial charge in [0.15, 0.2) is 0 Å². The summed E-state index contributed by atoms with van der Waals surface area (Å²) in [4.78, 5) is 0. The van der Waals surface area contributed by atoms with E-state index in [1.165, 1.54) is 0 Å². The Hall–Kier alpha value is -0.540. The van der Waals surface area contributed by atoms with Crippen molar-refractivity contribution in [1.29, 1.82) is 0 Å². The van der Waals surface area contributed by atoms with Crippen molar-refractivity contribution < 1.29 is 5.11 Å². The molecule has 0 saturated carbocycles. The van der Waals surface area contributed by atoms with E-state index in [0.717, 1.165) is 22.0 Å². The van der Waals surface area contributed by atoms with Crippen molar-refractivity contribution in [1.82, 2.24) is 0 Å². The van der Waals surface area contributed by atoms with Gasteiger partial charge in [-0.1, -0.05) is 29.8 Å². The summed E-state index contributed by atoms with van der Waals surface area (Å²) < 4.78 is 0.965. The number of phenols is 1. The second-order valence-electron chi connectivity index (χ2n) is 4.40. The van der Waals surface area contributed by atoms with Crippen LogP contribution in [-0.4, -0.2) is 5.11 Å². The maximum Gasteiger partial charge on any atom is 0.123 e. The van der Waals surface area contributed by atoms with Gasteiger partial charge >= 0.3 is 0 Å². The number of halogens is 1. The van der Waals surface area contributed by atoms with Crippen molar-refractivity contribution in [3.63, 3.8) is 0 Å². The molecule has 0 fully saturated rings. The van der Waals surface area contributed by atoms with Gasteiger partial charge in [-0.2, -0.15) is 0 Å². The minimum atomic E-state index is -0.0961. The fourth-order valence-electron chi connectivity index (χ4n) is 1.68. The Labute approximate surface area is 99.6 Å². The third-order valence-electron chi connectivity index (χ3n) is 2.42. The maximum absolute atomic E-state index is 9.90. The third kappa shape index (κ3) is 3.21. The van der Waals surface area contributed by atoms with Crippen LogP contribution in [0.25, 0.3) is 0 Å². The first-order chi connectivity index (χ1) is 6.91. The molecule has 0 aliphatic rings. The molecule has 0 spiro atoms. The van der Waals surface area contributed by atoms with Gasteiger partial charge in [0.1, 0.15) is 5.75 Å². The Morgan fingerprint density at radius 1 is 1.40 bits per heavy atom. The molecule has 0 saturated heterocycles. The molecule has 0 radical (unpaired) electrons. The van der Waals surface area contributed by atoms with Crippen LogP contribution in [0, 0.1) is 12.8 Å². The largest absolute Gasteiger partial charge is 0.507 e. The average Bonchev–Trinajstić information content (AvgIpc) is 2.09. The number of nitrogens with two attached hydrogens (primary N) is 1. The zero-order valence-corrected chi connectivity index (χ0v) is 11.0. The zero-order chi connectivity index (χ0) is 11.6. The summed E-state index contributed by atoms with van der Waals surface area (Å²) in [7, 11) is 0. The predicted octanol–water partition coefficient (Wildman–Crippen LogP) is 3.51. The van der Waals surface area contributed by atoms with E-state index in [4.69, 9.17) is 5.73 Å². The van der Waals surface area contributed by atoms with Crippen molar-refractivity contribution in [2.24, 2.45) is 11.7 Å². The summed E-state index contributed by atoms with van der Waals surface area (Å²) in [5.74, 6) is 0.852.